The van der Waals surface area contributed by atoms with Crippen molar-refractivity contribution in [2.45, 2.75) is 0 Å². The Morgan fingerprint density at radius 1 is 1.60 bits per heavy atom. The molecule has 2 rings (SSSR count). The average molecular weight is 136 g/mol. The number of nitrogens with zero attached hydrogens (tertiary/aromatic N) is 1. The molecule has 1 aromatic heterocycles. The molecule has 0 unspecified atom stereocenters. The van der Waals surface area contributed by atoms with Crippen LogP contribution in [0.2, 0.25) is 0 Å². The number of rotatable bonds is 0. The Hall–Kier alpha value is -1.22. The van der Waals surface area contributed by atoms with Crippen molar-refractivity contribution in [1.29, 1.82) is 0 Å². The first-order valence-electron chi connectivity index (χ1n) is 3.18. The molecule has 0 aromatic carbocycles. The third kappa shape index (κ3) is 0.642. The second kappa shape index (κ2) is 1.88. The number of H-pyrrole nitrogens is 1. The highest BCUT2D eigenvalue weighted by atomic mass is 16.5. The van der Waals surface area contributed by atoms with Gasteiger partial charge >= 0.3 is 0 Å². The zero-order valence-corrected chi connectivity index (χ0v) is 5.41. The Balaban J connectivity index is 2.52. The lowest BCUT2D eigenvalue weighted by Gasteiger charge is -2.17. The maximum Gasteiger partial charge on any atom is 0.137 e. The van der Waals surface area contributed by atoms with Gasteiger partial charge in [0.2, 0.25) is 0 Å². The lowest BCUT2D eigenvalue weighted by atomic mass is 10.2. The molecule has 0 saturated carbocycles. The predicted molar refractivity (Wildman–Crippen MR) is 39.0 cm³/mol. The second-order valence-corrected chi connectivity index (χ2v) is 2.27. The lowest BCUT2D eigenvalue weighted by molar-refractivity contribution is 0.262. The van der Waals surface area contributed by atoms with Crippen LogP contribution in [0.15, 0.2) is 18.3 Å². The fraction of sp³-hybridized carbons (Fsp3) is 0.143. The monoisotopic (exact) mass is 136 g/mol. The van der Waals surface area contributed by atoms with E-state index in [0.29, 0.717) is 6.54 Å². The van der Waals surface area contributed by atoms with E-state index >= 15 is 0 Å². The maximum atomic E-state index is 9.20. The van der Waals surface area contributed by atoms with Crippen molar-refractivity contribution in [3.8, 4) is 0 Å². The minimum absolute atomic E-state index is 0.563. The van der Waals surface area contributed by atoms with Crippen LogP contribution < -0.4 is 5.06 Å². The van der Waals surface area contributed by atoms with Gasteiger partial charge in [-0.25, -0.2) is 5.06 Å². The van der Waals surface area contributed by atoms with E-state index in [-0.39, 0.29) is 0 Å². The van der Waals surface area contributed by atoms with Crippen molar-refractivity contribution in [2.75, 3.05) is 11.6 Å². The fourth-order valence-electron chi connectivity index (χ4n) is 1.10. The lowest BCUT2D eigenvalue weighted by Crippen LogP contribution is -2.20. The predicted octanol–water partition coefficient (Wildman–Crippen LogP) is 1.24. The minimum Gasteiger partial charge on any atom is -0.346 e. The molecule has 0 spiro atoms. The van der Waals surface area contributed by atoms with Crippen LogP contribution in [0.3, 0.4) is 0 Å². The van der Waals surface area contributed by atoms with Crippen LogP contribution in [0.5, 0.6) is 0 Å². The number of nitrogens with one attached hydrogen (secondary N) is 1. The molecule has 0 fully saturated rings. The fourth-order valence-corrected chi connectivity index (χ4v) is 1.10. The third-order valence-corrected chi connectivity index (χ3v) is 1.59. The first-order chi connectivity index (χ1) is 4.88. The molecule has 0 amide bonds. The van der Waals surface area contributed by atoms with E-state index in [1.54, 1.807) is 0 Å². The summed E-state index contributed by atoms with van der Waals surface area (Å²) < 4.78 is 0. The molecule has 2 heterocycles. The molecular weight excluding hydrogens is 128 g/mol. The number of aromatic nitrogens is 1. The molecule has 0 radical (unpaired) electrons. The molecule has 3 heteroatoms. The summed E-state index contributed by atoms with van der Waals surface area (Å²) in [7, 11) is 0. The standard InChI is InChI=1S/C7H8N2O/c10-9-5-1-2-6-3-4-8-7(6)9/h1-4,8,10H,5H2. The topological polar surface area (TPSA) is 39.3 Å². The molecule has 2 N–H and O–H groups in total. The van der Waals surface area contributed by atoms with E-state index in [9.17, 15) is 5.21 Å². The van der Waals surface area contributed by atoms with Gasteiger partial charge in [-0.2, -0.15) is 0 Å². The van der Waals surface area contributed by atoms with E-state index in [0.717, 1.165) is 11.4 Å². The van der Waals surface area contributed by atoms with E-state index in [4.69, 9.17) is 0 Å². The van der Waals surface area contributed by atoms with Crippen LogP contribution in [0.4, 0.5) is 5.82 Å². The molecule has 0 atom stereocenters. The zero-order chi connectivity index (χ0) is 6.97. The van der Waals surface area contributed by atoms with Gasteiger partial charge in [-0.05, 0) is 6.07 Å². The summed E-state index contributed by atoms with van der Waals surface area (Å²) in [5.74, 6) is 0.780. The first kappa shape index (κ1) is 5.56. The summed E-state index contributed by atoms with van der Waals surface area (Å²) >= 11 is 0. The van der Waals surface area contributed by atoms with Gasteiger partial charge in [0.15, 0.2) is 0 Å². The number of fused-ring (bicyclic) bond motifs is 1. The van der Waals surface area contributed by atoms with Gasteiger partial charge in [-0.1, -0.05) is 12.2 Å². The van der Waals surface area contributed by atoms with E-state index in [2.05, 4.69) is 4.98 Å². The maximum absolute atomic E-state index is 9.20. The molecule has 52 valence electrons. The summed E-state index contributed by atoms with van der Waals surface area (Å²) in [6.07, 6.45) is 5.71. The molecule has 0 aliphatic carbocycles. The summed E-state index contributed by atoms with van der Waals surface area (Å²) in [4.78, 5) is 2.93. The highest BCUT2D eigenvalue weighted by Crippen LogP contribution is 2.21. The van der Waals surface area contributed by atoms with Crippen molar-refractivity contribution < 1.29 is 5.21 Å². The first-order valence-corrected chi connectivity index (χ1v) is 3.18. The summed E-state index contributed by atoms with van der Waals surface area (Å²) in [5, 5.41) is 10.4. The minimum atomic E-state index is 0.563. The Bertz CT molecular complexity index is 264. The molecule has 0 bridgehead atoms. The highest BCUT2D eigenvalue weighted by molar-refractivity contribution is 5.66. The van der Waals surface area contributed by atoms with Crippen LogP contribution in [0.1, 0.15) is 5.56 Å². The molecule has 1 aromatic rings. The average Bonchev–Trinajstić information content (AvgIpc) is 2.36. The molecule has 1 aliphatic heterocycles. The molecule has 10 heavy (non-hydrogen) atoms. The van der Waals surface area contributed by atoms with Crippen molar-refractivity contribution >= 4 is 11.9 Å². The Morgan fingerprint density at radius 2 is 2.50 bits per heavy atom. The van der Waals surface area contributed by atoms with Gasteiger partial charge < -0.3 is 4.98 Å². The molecular formula is C7H8N2O. The number of hydrogen-bond donors (Lipinski definition) is 2. The van der Waals surface area contributed by atoms with Crippen molar-refractivity contribution in [2.24, 2.45) is 0 Å². The summed E-state index contributed by atoms with van der Waals surface area (Å²) in [6, 6.07) is 1.92. The Kier molecular flexibility index (Phi) is 1.05. The van der Waals surface area contributed by atoms with Crippen LogP contribution >= 0.6 is 0 Å². The van der Waals surface area contributed by atoms with Gasteiger partial charge in [0, 0.05) is 11.8 Å². The number of hydroxylamine groups is 1. The van der Waals surface area contributed by atoms with Crippen LogP contribution in [0, 0.1) is 0 Å². The van der Waals surface area contributed by atoms with Gasteiger partial charge in [0.25, 0.3) is 0 Å². The van der Waals surface area contributed by atoms with Crippen molar-refractivity contribution in [1.82, 2.24) is 4.98 Å². The van der Waals surface area contributed by atoms with Gasteiger partial charge in [0.1, 0.15) is 5.82 Å². The Morgan fingerprint density at radius 3 is 3.30 bits per heavy atom. The van der Waals surface area contributed by atoms with Crippen molar-refractivity contribution in [3.63, 3.8) is 0 Å². The zero-order valence-electron chi connectivity index (χ0n) is 5.41. The van der Waals surface area contributed by atoms with Crippen LogP contribution in [-0.2, 0) is 0 Å². The molecule has 0 saturated heterocycles. The van der Waals surface area contributed by atoms with E-state index < -0.39 is 0 Å². The van der Waals surface area contributed by atoms with Crippen LogP contribution in [-0.4, -0.2) is 16.7 Å². The highest BCUT2D eigenvalue weighted by Gasteiger charge is 2.09. The largest absolute Gasteiger partial charge is 0.346 e. The SMILES string of the molecule is ON1CC=Cc2cc[nH]c21. The molecule has 1 aliphatic rings. The van der Waals surface area contributed by atoms with Gasteiger partial charge in [0.05, 0.1) is 6.54 Å². The summed E-state index contributed by atoms with van der Waals surface area (Å²) in [6.45, 7) is 0.563. The second-order valence-electron chi connectivity index (χ2n) is 2.27. The van der Waals surface area contributed by atoms with E-state index in [1.165, 1.54) is 5.06 Å². The van der Waals surface area contributed by atoms with E-state index in [1.807, 2.05) is 24.4 Å². The Labute approximate surface area is 58.5 Å². The summed E-state index contributed by atoms with van der Waals surface area (Å²) in [5.41, 5.74) is 1.04. The van der Waals surface area contributed by atoms with Crippen LogP contribution in [0.25, 0.3) is 6.08 Å². The van der Waals surface area contributed by atoms with Crippen molar-refractivity contribution in [3.05, 3.63) is 23.9 Å². The number of hydrogen-bond acceptors (Lipinski definition) is 2. The third-order valence-electron chi connectivity index (χ3n) is 1.59. The van der Waals surface area contributed by atoms with Gasteiger partial charge in [-0.15, -0.1) is 0 Å². The quantitative estimate of drug-likeness (QED) is 0.563. The molecule has 3 nitrogen and oxygen atoms in total. The number of anilines is 1. The van der Waals surface area contributed by atoms with Gasteiger partial charge in [-0.3, -0.25) is 5.21 Å². The number of aromatic amines is 1. The normalized spacial score (nSPS) is 15.5. The smallest absolute Gasteiger partial charge is 0.137 e.